The minimum atomic E-state index is -4.07. The Morgan fingerprint density at radius 1 is 1.40 bits per heavy atom. The van der Waals surface area contributed by atoms with Crippen LogP contribution in [-0.4, -0.2) is 27.0 Å². The molecule has 0 bridgehead atoms. The van der Waals surface area contributed by atoms with E-state index in [0.717, 1.165) is 18.9 Å². The maximum Gasteiger partial charge on any atom is 0.265 e. The van der Waals surface area contributed by atoms with Gasteiger partial charge in [-0.05, 0) is 31.9 Å². The number of nitrogens with one attached hydrogen (secondary N) is 1. The van der Waals surface area contributed by atoms with Crippen molar-refractivity contribution in [3.8, 4) is 5.75 Å². The van der Waals surface area contributed by atoms with Crippen molar-refractivity contribution in [2.45, 2.75) is 30.2 Å². The fourth-order valence-electron chi connectivity index (χ4n) is 1.78. The maximum atomic E-state index is 12.2. The van der Waals surface area contributed by atoms with Crippen molar-refractivity contribution in [3.05, 3.63) is 22.7 Å². The summed E-state index contributed by atoms with van der Waals surface area (Å²) in [4.78, 5) is 11.9. The van der Waals surface area contributed by atoms with Crippen LogP contribution in [0.25, 0.3) is 0 Å². The van der Waals surface area contributed by atoms with E-state index in [-0.39, 0.29) is 26.8 Å². The summed E-state index contributed by atoms with van der Waals surface area (Å²) in [6.07, 6.45) is 1.75. The minimum absolute atomic E-state index is 0.0485. The van der Waals surface area contributed by atoms with E-state index in [4.69, 9.17) is 27.0 Å². The second-order valence-corrected chi connectivity index (χ2v) is 7.91. The molecule has 0 aromatic heterocycles. The number of amides is 1. The van der Waals surface area contributed by atoms with E-state index in [9.17, 15) is 13.2 Å². The van der Waals surface area contributed by atoms with Crippen LogP contribution in [0.3, 0.4) is 0 Å². The number of rotatable bonds is 4. The fourth-order valence-corrected chi connectivity index (χ4v) is 3.09. The zero-order valence-electron chi connectivity index (χ0n) is 10.9. The van der Waals surface area contributed by atoms with Gasteiger partial charge in [0.2, 0.25) is 0 Å². The molecule has 5 nitrogen and oxygen atoms in total. The van der Waals surface area contributed by atoms with Crippen LogP contribution in [0.5, 0.6) is 5.75 Å². The Balaban J connectivity index is 2.52. The van der Waals surface area contributed by atoms with Gasteiger partial charge in [-0.25, -0.2) is 8.42 Å². The van der Waals surface area contributed by atoms with Crippen molar-refractivity contribution < 1.29 is 17.9 Å². The number of methoxy groups -OCH3 is 1. The average molecular weight is 338 g/mol. The van der Waals surface area contributed by atoms with Crippen molar-refractivity contribution in [3.63, 3.8) is 0 Å². The first kappa shape index (κ1) is 15.4. The highest BCUT2D eigenvalue weighted by Gasteiger charge is 2.39. The number of halogens is 2. The number of benzene rings is 1. The molecule has 0 aliphatic heterocycles. The summed E-state index contributed by atoms with van der Waals surface area (Å²) in [5, 5.41) is 2.91. The highest BCUT2D eigenvalue weighted by Crippen LogP contribution is 2.37. The number of hydrogen-bond donors (Lipinski definition) is 1. The van der Waals surface area contributed by atoms with E-state index in [1.807, 2.05) is 6.92 Å². The van der Waals surface area contributed by atoms with E-state index >= 15 is 0 Å². The summed E-state index contributed by atoms with van der Waals surface area (Å²) in [6.45, 7) is 1.90. The van der Waals surface area contributed by atoms with Crippen LogP contribution in [-0.2, 0) is 9.05 Å². The van der Waals surface area contributed by atoms with Crippen molar-refractivity contribution in [1.29, 1.82) is 0 Å². The monoisotopic (exact) mass is 337 g/mol. The highest BCUT2D eigenvalue weighted by molar-refractivity contribution is 8.13. The molecule has 1 N–H and O–H groups in total. The Kier molecular flexibility index (Phi) is 3.92. The normalized spacial score (nSPS) is 16.6. The van der Waals surface area contributed by atoms with Gasteiger partial charge in [0.1, 0.15) is 4.90 Å². The Morgan fingerprint density at radius 3 is 2.45 bits per heavy atom. The van der Waals surface area contributed by atoms with Crippen LogP contribution >= 0.6 is 22.3 Å². The third-order valence-corrected chi connectivity index (χ3v) is 4.69. The summed E-state index contributed by atoms with van der Waals surface area (Å²) in [7, 11) is 2.54. The molecule has 1 aromatic carbocycles. The molecule has 110 valence electrons. The predicted molar refractivity (Wildman–Crippen MR) is 76.1 cm³/mol. The third kappa shape index (κ3) is 3.19. The van der Waals surface area contributed by atoms with Crippen LogP contribution < -0.4 is 10.1 Å². The molecule has 0 radical (unpaired) electrons. The first-order valence-corrected chi connectivity index (χ1v) is 8.50. The molecule has 0 atom stereocenters. The molecule has 0 saturated heterocycles. The van der Waals surface area contributed by atoms with Crippen LogP contribution in [0.2, 0.25) is 5.02 Å². The van der Waals surface area contributed by atoms with Gasteiger partial charge in [-0.1, -0.05) is 11.6 Å². The fraction of sp³-hybridized carbons (Fsp3) is 0.417. The molecule has 1 aliphatic carbocycles. The number of hydrogen-bond acceptors (Lipinski definition) is 4. The molecule has 0 unspecified atom stereocenters. The molecule has 2 rings (SSSR count). The number of ether oxygens (including phenoxy) is 1. The second kappa shape index (κ2) is 5.09. The van der Waals surface area contributed by atoms with Crippen molar-refractivity contribution in [2.75, 3.05) is 7.11 Å². The lowest BCUT2D eigenvalue weighted by atomic mass is 10.1. The van der Waals surface area contributed by atoms with Crippen molar-refractivity contribution >= 4 is 37.2 Å². The van der Waals surface area contributed by atoms with Gasteiger partial charge < -0.3 is 10.1 Å². The molecule has 0 spiro atoms. The van der Waals surface area contributed by atoms with Gasteiger partial charge in [-0.2, -0.15) is 0 Å². The molecule has 1 aliphatic rings. The van der Waals surface area contributed by atoms with Crippen molar-refractivity contribution in [2.24, 2.45) is 0 Å². The largest absolute Gasteiger partial charge is 0.494 e. The van der Waals surface area contributed by atoms with E-state index < -0.39 is 15.0 Å². The van der Waals surface area contributed by atoms with E-state index in [1.165, 1.54) is 13.2 Å². The smallest absolute Gasteiger partial charge is 0.265 e. The summed E-state index contributed by atoms with van der Waals surface area (Å²) in [5.41, 5.74) is -0.197. The first-order valence-electron chi connectivity index (χ1n) is 5.81. The van der Waals surface area contributed by atoms with Crippen LogP contribution in [0.15, 0.2) is 17.0 Å². The van der Waals surface area contributed by atoms with Gasteiger partial charge in [0, 0.05) is 21.2 Å². The molecule has 20 heavy (non-hydrogen) atoms. The van der Waals surface area contributed by atoms with Gasteiger partial charge in [0.05, 0.1) is 12.7 Å². The van der Waals surface area contributed by atoms with Crippen LogP contribution in [0.4, 0.5) is 0 Å². The highest BCUT2D eigenvalue weighted by atomic mass is 35.7. The van der Waals surface area contributed by atoms with E-state index in [0.29, 0.717) is 0 Å². The molecule has 1 fully saturated rings. The average Bonchev–Trinajstić information content (AvgIpc) is 3.04. The Labute approximate surface area is 126 Å². The molecular formula is C12H13Cl2NO4S. The maximum absolute atomic E-state index is 12.2. The van der Waals surface area contributed by atoms with Gasteiger partial charge in [-0.3, -0.25) is 4.79 Å². The third-order valence-electron chi connectivity index (χ3n) is 3.15. The standard InChI is InChI=1S/C12H13Cl2NO4S/c1-12(3-4-12)15-11(16)8-5-7(13)6-9(10(8)19-2)20(14,17)18/h5-6H,3-4H2,1-2H3,(H,15,16). The van der Waals surface area contributed by atoms with Gasteiger partial charge in [0.15, 0.2) is 5.75 Å². The minimum Gasteiger partial charge on any atom is -0.494 e. The first-order chi connectivity index (χ1) is 9.16. The van der Waals surface area contributed by atoms with Gasteiger partial charge in [-0.15, -0.1) is 0 Å². The SMILES string of the molecule is COc1c(C(=O)NC2(C)CC2)cc(Cl)cc1S(=O)(=O)Cl. The number of carbonyl (C=O) groups is 1. The summed E-state index contributed by atoms with van der Waals surface area (Å²) >= 11 is 5.86. The Bertz CT molecular complexity index is 668. The van der Waals surface area contributed by atoms with E-state index in [2.05, 4.69) is 5.32 Å². The summed E-state index contributed by atoms with van der Waals surface area (Å²) in [5.74, 6) is -0.544. The molecule has 1 saturated carbocycles. The van der Waals surface area contributed by atoms with Gasteiger partial charge in [0.25, 0.3) is 15.0 Å². The molecule has 8 heteroatoms. The lowest BCUT2D eigenvalue weighted by Crippen LogP contribution is -2.34. The van der Waals surface area contributed by atoms with Crippen LogP contribution in [0.1, 0.15) is 30.1 Å². The second-order valence-electron chi connectivity index (χ2n) is 4.94. The Morgan fingerprint density at radius 2 is 2.00 bits per heavy atom. The van der Waals surface area contributed by atoms with Gasteiger partial charge >= 0.3 is 0 Å². The summed E-state index contributed by atoms with van der Waals surface area (Å²) < 4.78 is 28.1. The zero-order chi connectivity index (χ0) is 15.1. The molecule has 1 aromatic rings. The van der Waals surface area contributed by atoms with Crippen molar-refractivity contribution in [1.82, 2.24) is 5.32 Å². The lowest BCUT2D eigenvalue weighted by molar-refractivity contribution is 0.0932. The molecule has 0 heterocycles. The summed E-state index contributed by atoms with van der Waals surface area (Å²) in [6, 6.07) is 2.51. The lowest BCUT2D eigenvalue weighted by Gasteiger charge is -2.15. The zero-order valence-corrected chi connectivity index (χ0v) is 13.2. The van der Waals surface area contributed by atoms with E-state index in [1.54, 1.807) is 0 Å². The molecule has 1 amide bonds. The topological polar surface area (TPSA) is 72.5 Å². The quantitative estimate of drug-likeness (QED) is 0.857. The molecular weight excluding hydrogens is 325 g/mol. The Hall–Kier alpha value is -0.980. The predicted octanol–water partition coefficient (Wildman–Crippen LogP) is 2.56. The number of carbonyl (C=O) groups excluding carboxylic acids is 1. The van der Waals surface area contributed by atoms with Crippen LogP contribution in [0, 0.1) is 0 Å².